The van der Waals surface area contributed by atoms with Gasteiger partial charge < -0.3 is 0 Å². The molecule has 0 aliphatic heterocycles. The largest absolute Gasteiger partial charge is 0.0899 e. The summed E-state index contributed by atoms with van der Waals surface area (Å²) in [6, 6.07) is 0. The topological polar surface area (TPSA) is 0 Å². The molecule has 0 atom stereocenters. The summed E-state index contributed by atoms with van der Waals surface area (Å²) in [5, 5.41) is 0. The Balaban J connectivity index is 3.21. The maximum atomic E-state index is 3.69. The minimum absolute atomic E-state index is 0.964. The smallest absolute Gasteiger partial charge is 0.0400 e. The molecule has 0 radical (unpaired) electrons. The van der Waals surface area contributed by atoms with E-state index in [0.29, 0.717) is 0 Å². The molecule has 0 spiro atoms. The maximum absolute atomic E-state index is 3.69. The fourth-order valence-corrected chi connectivity index (χ4v) is 0.528. The molecule has 1 fully saturated rings. The van der Waals surface area contributed by atoms with E-state index < -0.39 is 0 Å². The van der Waals surface area contributed by atoms with Gasteiger partial charge in [-0.25, -0.2) is 0 Å². The summed E-state index contributed by atoms with van der Waals surface area (Å²) in [7, 11) is 0. The highest BCUT2D eigenvalue weighted by atomic mass is 14.2. The van der Waals surface area contributed by atoms with Gasteiger partial charge in [-0.05, 0) is 23.5 Å². The Hall–Kier alpha value is -1.44. The molecule has 0 aromatic rings. The van der Waals surface area contributed by atoms with Gasteiger partial charge in [0.1, 0.15) is 0 Å². The molecular formula is C9H6. The Labute approximate surface area is 54.5 Å². The second kappa shape index (κ2) is 1.82. The third kappa shape index (κ3) is 0.865. The van der Waals surface area contributed by atoms with Crippen molar-refractivity contribution in [2.75, 3.05) is 0 Å². The highest BCUT2D eigenvalue weighted by Crippen LogP contribution is 2.39. The number of hydrogen-bond acceptors (Lipinski definition) is 0. The van der Waals surface area contributed by atoms with E-state index in [9.17, 15) is 0 Å². The predicted octanol–water partition coefficient (Wildman–Crippen LogP) is 2.13. The van der Waals surface area contributed by atoms with Crippen molar-refractivity contribution in [2.24, 2.45) is 0 Å². The van der Waals surface area contributed by atoms with E-state index in [1.54, 1.807) is 0 Å². The summed E-state index contributed by atoms with van der Waals surface area (Å²) in [5.41, 5.74) is 10.8. The van der Waals surface area contributed by atoms with E-state index in [0.717, 1.165) is 16.7 Å². The average Bonchev–Trinajstić information content (AvgIpc) is 2.39. The van der Waals surface area contributed by atoms with Gasteiger partial charge in [-0.3, -0.25) is 0 Å². The van der Waals surface area contributed by atoms with Gasteiger partial charge in [0.25, 0.3) is 0 Å². The molecule has 1 saturated carbocycles. The minimum Gasteiger partial charge on any atom is -0.0899 e. The molecule has 0 saturated heterocycles. The van der Waals surface area contributed by atoms with Gasteiger partial charge in [0.15, 0.2) is 0 Å². The van der Waals surface area contributed by atoms with Crippen LogP contribution in [0.3, 0.4) is 0 Å². The summed E-state index contributed by atoms with van der Waals surface area (Å²) in [4.78, 5) is 0. The van der Waals surface area contributed by atoms with E-state index >= 15 is 0 Å². The first-order valence-corrected chi connectivity index (χ1v) is 2.56. The molecule has 0 aromatic heterocycles. The van der Waals surface area contributed by atoms with Gasteiger partial charge in [0.05, 0.1) is 0 Å². The van der Waals surface area contributed by atoms with Crippen LogP contribution in [0.1, 0.15) is 0 Å². The zero-order valence-corrected chi connectivity index (χ0v) is 5.12. The molecule has 0 unspecified atom stereocenters. The first-order chi connectivity index (χ1) is 4.27. The van der Waals surface area contributed by atoms with Crippen LogP contribution in [0.2, 0.25) is 0 Å². The second-order valence-corrected chi connectivity index (χ2v) is 1.76. The normalized spacial score (nSPS) is 14.0. The van der Waals surface area contributed by atoms with E-state index in [1.165, 1.54) is 0 Å². The molecule has 1 aliphatic rings. The summed E-state index contributed by atoms with van der Waals surface area (Å²) in [6.07, 6.45) is 0. The number of allylic oxidation sites excluding steroid dienone is 3. The summed E-state index contributed by atoms with van der Waals surface area (Å²) >= 11 is 0. The third-order valence-corrected chi connectivity index (χ3v) is 1.18. The van der Waals surface area contributed by atoms with Crippen LogP contribution in [0.5, 0.6) is 0 Å². The zero-order chi connectivity index (χ0) is 6.85. The van der Waals surface area contributed by atoms with E-state index in [1.807, 2.05) is 0 Å². The standard InChI is InChI=1S/C9H6/c1-4-5-6-9-7(2)8(9)3/h1-3H2. The molecule has 0 bridgehead atoms. The zero-order valence-electron chi connectivity index (χ0n) is 5.12. The van der Waals surface area contributed by atoms with Crippen LogP contribution in [0.4, 0.5) is 0 Å². The van der Waals surface area contributed by atoms with Crippen LogP contribution >= 0.6 is 0 Å². The van der Waals surface area contributed by atoms with Gasteiger partial charge >= 0.3 is 0 Å². The fourth-order valence-electron chi connectivity index (χ4n) is 0.528. The van der Waals surface area contributed by atoms with Crippen molar-refractivity contribution in [2.45, 2.75) is 0 Å². The van der Waals surface area contributed by atoms with Crippen molar-refractivity contribution >= 4 is 0 Å². The van der Waals surface area contributed by atoms with Crippen LogP contribution in [0.25, 0.3) is 0 Å². The van der Waals surface area contributed by atoms with Crippen LogP contribution in [-0.2, 0) is 0 Å². The van der Waals surface area contributed by atoms with Crippen molar-refractivity contribution in [3.8, 4) is 0 Å². The molecule has 1 aliphatic carbocycles. The molecule has 0 nitrogen and oxygen atoms in total. The molecule has 1 rings (SSSR count). The molecule has 0 heteroatoms. The number of hydrogen-bond donors (Lipinski definition) is 0. The first-order valence-electron chi connectivity index (χ1n) is 2.56. The fraction of sp³-hybridized carbons (Fsp3) is 0. The molecule has 42 valence electrons. The van der Waals surface area contributed by atoms with E-state index in [4.69, 9.17) is 0 Å². The molecular weight excluding hydrogens is 108 g/mol. The lowest BCUT2D eigenvalue weighted by Gasteiger charge is -1.47. The van der Waals surface area contributed by atoms with E-state index in [2.05, 4.69) is 36.9 Å². The van der Waals surface area contributed by atoms with Gasteiger partial charge in [-0.15, -0.1) is 0 Å². The molecule has 0 heterocycles. The van der Waals surface area contributed by atoms with Gasteiger partial charge in [-0.2, -0.15) is 0 Å². The molecule has 0 aromatic carbocycles. The maximum Gasteiger partial charge on any atom is 0.0400 e. The third-order valence-electron chi connectivity index (χ3n) is 1.18. The second-order valence-electron chi connectivity index (χ2n) is 1.76. The highest BCUT2D eigenvalue weighted by Gasteiger charge is 2.24. The lowest BCUT2D eigenvalue weighted by atomic mass is 10.6. The van der Waals surface area contributed by atoms with Crippen molar-refractivity contribution in [1.82, 2.24) is 0 Å². The summed E-state index contributed by atoms with van der Waals surface area (Å²) < 4.78 is 0. The van der Waals surface area contributed by atoms with Crippen molar-refractivity contribution in [1.29, 1.82) is 0 Å². The minimum atomic E-state index is 0.964. The Kier molecular flexibility index (Phi) is 1.15. The average molecular weight is 114 g/mol. The monoisotopic (exact) mass is 114 g/mol. The molecule has 9 heavy (non-hydrogen) atoms. The molecule has 0 amide bonds. The van der Waals surface area contributed by atoms with Gasteiger partial charge in [0, 0.05) is 5.57 Å². The summed E-state index contributed by atoms with van der Waals surface area (Å²) in [5.74, 6) is 0. The van der Waals surface area contributed by atoms with Crippen LogP contribution in [0, 0.1) is 0 Å². The van der Waals surface area contributed by atoms with Crippen molar-refractivity contribution < 1.29 is 0 Å². The van der Waals surface area contributed by atoms with E-state index in [-0.39, 0.29) is 0 Å². The van der Waals surface area contributed by atoms with Crippen LogP contribution < -0.4 is 0 Å². The lowest BCUT2D eigenvalue weighted by molar-refractivity contribution is 2.05. The van der Waals surface area contributed by atoms with Crippen molar-refractivity contribution in [3.63, 3.8) is 0 Å². The predicted molar refractivity (Wildman–Crippen MR) is 38.0 cm³/mol. The Morgan fingerprint density at radius 3 is 2.00 bits per heavy atom. The number of rotatable bonds is 0. The van der Waals surface area contributed by atoms with Crippen LogP contribution in [-0.4, -0.2) is 0 Å². The SMILES string of the molecule is C=C=C=C=C1C(=C)C1=C. The quantitative estimate of drug-likeness (QED) is 0.423. The van der Waals surface area contributed by atoms with Crippen LogP contribution in [0.15, 0.2) is 53.6 Å². The van der Waals surface area contributed by atoms with Gasteiger partial charge in [0.2, 0.25) is 0 Å². The molecule has 0 N–H and O–H groups in total. The highest BCUT2D eigenvalue weighted by molar-refractivity contribution is 5.75. The van der Waals surface area contributed by atoms with Crippen molar-refractivity contribution in [3.05, 3.63) is 53.6 Å². The first kappa shape index (κ1) is 5.69. The Morgan fingerprint density at radius 2 is 1.67 bits per heavy atom. The lowest BCUT2D eigenvalue weighted by Crippen LogP contribution is -1.30. The summed E-state index contributed by atoms with van der Waals surface area (Å²) in [6.45, 7) is 10.7. The Bertz CT molecular complexity index is 281. The van der Waals surface area contributed by atoms with Gasteiger partial charge in [-0.1, -0.05) is 24.6 Å². The Morgan fingerprint density at radius 1 is 1.11 bits per heavy atom.